The van der Waals surface area contributed by atoms with Gasteiger partial charge in [0, 0.05) is 17.3 Å². The van der Waals surface area contributed by atoms with Crippen LogP contribution in [0.15, 0.2) is 57.9 Å². The van der Waals surface area contributed by atoms with E-state index in [1.165, 1.54) is 12.1 Å². The number of halogens is 1. The predicted octanol–water partition coefficient (Wildman–Crippen LogP) is 4.38. The summed E-state index contributed by atoms with van der Waals surface area (Å²) in [5, 5.41) is 3.62. The molecule has 4 aromatic rings. The molecule has 2 N–H and O–H groups in total. The van der Waals surface area contributed by atoms with Crippen molar-refractivity contribution in [3.05, 3.63) is 86.4 Å². The zero-order valence-corrected chi connectivity index (χ0v) is 21.5. The molecule has 0 spiro atoms. The number of nitrogens with zero attached hydrogens (tertiary/aromatic N) is 2. The summed E-state index contributed by atoms with van der Waals surface area (Å²) < 4.78 is 31.3. The molecule has 0 bridgehead atoms. The highest BCUT2D eigenvalue weighted by Crippen LogP contribution is 2.32. The summed E-state index contributed by atoms with van der Waals surface area (Å²) in [4.78, 5) is 34.2. The molecule has 9 nitrogen and oxygen atoms in total. The van der Waals surface area contributed by atoms with Crippen LogP contribution in [0.5, 0.6) is 0 Å². The van der Waals surface area contributed by atoms with E-state index in [1.807, 2.05) is 30.7 Å². The molecule has 0 aliphatic carbocycles. The largest absolute Gasteiger partial charge is 0.454 e. The summed E-state index contributed by atoms with van der Waals surface area (Å²) >= 11 is 5.97. The highest BCUT2D eigenvalue weighted by atomic mass is 35.5. The van der Waals surface area contributed by atoms with Crippen molar-refractivity contribution in [1.29, 1.82) is 0 Å². The summed E-state index contributed by atoms with van der Waals surface area (Å²) in [6, 6.07) is 11.5. The number of anilines is 1. The molecule has 1 amide bonds. The van der Waals surface area contributed by atoms with E-state index in [1.54, 1.807) is 31.3 Å². The number of benzene rings is 1. The molecular formula is C25H23ClN4O5S. The van der Waals surface area contributed by atoms with Crippen LogP contribution in [0, 0.1) is 13.8 Å². The quantitative estimate of drug-likeness (QED) is 0.354. The number of fused-ring (bicyclic) bond motifs is 1. The number of hydrogen-bond donors (Lipinski definition) is 2. The van der Waals surface area contributed by atoms with Crippen molar-refractivity contribution >= 4 is 44.2 Å². The van der Waals surface area contributed by atoms with Gasteiger partial charge >= 0.3 is 0 Å². The van der Waals surface area contributed by atoms with Gasteiger partial charge in [-0.1, -0.05) is 23.7 Å². The molecule has 3 aromatic heterocycles. The number of nitrogens with one attached hydrogen (secondary N) is 2. The average molecular weight is 527 g/mol. The van der Waals surface area contributed by atoms with Crippen LogP contribution in [0.3, 0.4) is 0 Å². The SMILES string of the molecule is Cc1cc(C(C)Nc2ccc(Cl)nc2C(=O)NS(C)(=O)=O)c2oc(-c3ccccn3)c(C)c(=O)c2c1. The average Bonchev–Trinajstić information content (AvgIpc) is 2.81. The summed E-state index contributed by atoms with van der Waals surface area (Å²) in [5.74, 6) is -0.560. The van der Waals surface area contributed by atoms with Gasteiger partial charge in [0.2, 0.25) is 10.0 Å². The van der Waals surface area contributed by atoms with Crippen LogP contribution < -0.4 is 15.5 Å². The van der Waals surface area contributed by atoms with Crippen molar-refractivity contribution in [2.75, 3.05) is 11.6 Å². The topological polar surface area (TPSA) is 131 Å². The van der Waals surface area contributed by atoms with Crippen LogP contribution in [-0.4, -0.2) is 30.5 Å². The lowest BCUT2D eigenvalue weighted by molar-refractivity contribution is 0.0977. The first-order chi connectivity index (χ1) is 16.9. The molecule has 1 unspecified atom stereocenters. The summed E-state index contributed by atoms with van der Waals surface area (Å²) in [7, 11) is -3.82. The van der Waals surface area contributed by atoms with Crippen molar-refractivity contribution in [2.45, 2.75) is 26.8 Å². The Bertz CT molecular complexity index is 1650. The minimum atomic E-state index is -3.82. The second-order valence-electron chi connectivity index (χ2n) is 8.43. The molecule has 4 rings (SSSR count). The molecule has 11 heteroatoms. The third-order valence-corrected chi connectivity index (χ3v) is 6.25. The van der Waals surface area contributed by atoms with Crippen molar-refractivity contribution in [1.82, 2.24) is 14.7 Å². The molecule has 1 aromatic carbocycles. The minimum absolute atomic E-state index is 0.0225. The fraction of sp³-hybridized carbons (Fsp3) is 0.200. The molecule has 0 saturated carbocycles. The van der Waals surface area contributed by atoms with Crippen LogP contribution >= 0.6 is 11.6 Å². The normalized spacial score (nSPS) is 12.4. The van der Waals surface area contributed by atoms with Gasteiger partial charge in [0.25, 0.3) is 5.91 Å². The van der Waals surface area contributed by atoms with Gasteiger partial charge in [0.05, 0.1) is 23.4 Å². The second-order valence-corrected chi connectivity index (χ2v) is 10.6. The summed E-state index contributed by atoms with van der Waals surface area (Å²) in [6.45, 7) is 5.39. The maximum Gasteiger partial charge on any atom is 0.285 e. The Morgan fingerprint density at radius 1 is 1.14 bits per heavy atom. The van der Waals surface area contributed by atoms with Gasteiger partial charge in [-0.15, -0.1) is 0 Å². The maximum atomic E-state index is 13.3. The van der Waals surface area contributed by atoms with Crippen molar-refractivity contribution in [3.63, 3.8) is 0 Å². The first-order valence-electron chi connectivity index (χ1n) is 10.9. The number of pyridine rings is 2. The molecule has 0 saturated heterocycles. The van der Waals surface area contributed by atoms with Gasteiger partial charge in [-0.2, -0.15) is 0 Å². The number of aromatic nitrogens is 2. The molecule has 36 heavy (non-hydrogen) atoms. The Kier molecular flexibility index (Phi) is 6.83. The van der Waals surface area contributed by atoms with Gasteiger partial charge in [-0.05, 0) is 56.7 Å². The number of hydrogen-bond acceptors (Lipinski definition) is 8. The number of amides is 1. The van der Waals surface area contributed by atoms with E-state index < -0.39 is 22.0 Å². The zero-order chi connectivity index (χ0) is 26.2. The van der Waals surface area contributed by atoms with E-state index in [2.05, 4.69) is 15.3 Å². The molecule has 0 radical (unpaired) electrons. The lowest BCUT2D eigenvalue weighted by Gasteiger charge is -2.20. The van der Waals surface area contributed by atoms with Crippen LogP contribution in [0.1, 0.15) is 40.1 Å². The first kappa shape index (κ1) is 25.3. The van der Waals surface area contributed by atoms with E-state index >= 15 is 0 Å². The van der Waals surface area contributed by atoms with Crippen molar-refractivity contribution in [2.24, 2.45) is 0 Å². The highest BCUT2D eigenvalue weighted by molar-refractivity contribution is 7.89. The van der Waals surface area contributed by atoms with E-state index in [-0.39, 0.29) is 22.0 Å². The van der Waals surface area contributed by atoms with Gasteiger partial charge in [0.1, 0.15) is 16.4 Å². The van der Waals surface area contributed by atoms with Crippen LogP contribution in [0.2, 0.25) is 5.15 Å². The fourth-order valence-corrected chi connectivity index (χ4v) is 4.46. The number of sulfonamides is 1. The van der Waals surface area contributed by atoms with Gasteiger partial charge in [-0.3, -0.25) is 14.6 Å². The molecule has 3 heterocycles. The molecule has 0 aliphatic heterocycles. The number of rotatable bonds is 6. The highest BCUT2D eigenvalue weighted by Gasteiger charge is 2.22. The standard InChI is InChI=1S/C25H23ClN4O5S/c1-13-11-16(15(3)28-18-8-9-20(26)29-21(18)25(32)30-36(4,33)34)24-17(12-13)22(31)14(2)23(35-24)19-7-5-6-10-27-19/h5-12,15,28H,1-4H3,(H,30,32). The third kappa shape index (κ3) is 5.24. The third-order valence-electron chi connectivity index (χ3n) is 5.48. The first-order valence-corrected chi connectivity index (χ1v) is 13.2. The Balaban J connectivity index is 1.83. The molecule has 1 atom stereocenters. The smallest absolute Gasteiger partial charge is 0.285 e. The fourth-order valence-electron chi connectivity index (χ4n) is 3.88. The number of carbonyl (C=O) groups excluding carboxylic acids is 1. The molecular weight excluding hydrogens is 504 g/mol. The Labute approximate surface area is 212 Å². The van der Waals surface area contributed by atoms with Gasteiger partial charge in [-0.25, -0.2) is 18.1 Å². The summed E-state index contributed by atoms with van der Waals surface area (Å²) in [6.07, 6.45) is 2.49. The van der Waals surface area contributed by atoms with Crippen LogP contribution in [0.25, 0.3) is 22.4 Å². The second kappa shape index (κ2) is 9.71. The maximum absolute atomic E-state index is 13.3. The van der Waals surface area contributed by atoms with E-state index in [4.69, 9.17) is 16.0 Å². The predicted molar refractivity (Wildman–Crippen MR) is 139 cm³/mol. The monoisotopic (exact) mass is 526 g/mol. The number of carbonyl (C=O) groups is 1. The number of aryl methyl sites for hydroxylation is 1. The molecule has 0 aliphatic rings. The molecule has 186 valence electrons. The van der Waals surface area contributed by atoms with Crippen molar-refractivity contribution in [3.8, 4) is 11.5 Å². The van der Waals surface area contributed by atoms with Gasteiger partial charge in [0.15, 0.2) is 16.9 Å². The van der Waals surface area contributed by atoms with E-state index in [0.29, 0.717) is 33.6 Å². The van der Waals surface area contributed by atoms with Crippen LogP contribution in [-0.2, 0) is 10.0 Å². The Hall–Kier alpha value is -3.76. The lowest BCUT2D eigenvalue weighted by Crippen LogP contribution is -2.31. The van der Waals surface area contributed by atoms with E-state index in [9.17, 15) is 18.0 Å². The zero-order valence-electron chi connectivity index (χ0n) is 19.9. The molecule has 0 fully saturated rings. The Morgan fingerprint density at radius 2 is 1.89 bits per heavy atom. The van der Waals surface area contributed by atoms with Crippen molar-refractivity contribution < 1.29 is 17.6 Å². The minimum Gasteiger partial charge on any atom is -0.454 e. The van der Waals surface area contributed by atoms with E-state index in [0.717, 1.165) is 11.8 Å². The van der Waals surface area contributed by atoms with Gasteiger partial charge < -0.3 is 9.73 Å². The lowest BCUT2D eigenvalue weighted by atomic mass is 9.99. The summed E-state index contributed by atoms with van der Waals surface area (Å²) in [5.41, 5.74) is 2.74. The Morgan fingerprint density at radius 3 is 2.56 bits per heavy atom. The van der Waals surface area contributed by atoms with Crippen LogP contribution in [0.4, 0.5) is 5.69 Å².